The molecule has 0 amide bonds. The molecule has 14 heavy (non-hydrogen) atoms. The average Bonchev–Trinajstić information content (AvgIpc) is 2.17. The molecule has 0 radical (unpaired) electrons. The van der Waals surface area contributed by atoms with E-state index in [1.165, 1.54) is 0 Å². The maximum atomic E-state index is 11.1. The van der Waals surface area contributed by atoms with Gasteiger partial charge in [0.05, 0.1) is 0 Å². The highest BCUT2D eigenvalue weighted by atomic mass is 79.9. The number of thiol groups is 1. The Labute approximate surface area is 95.7 Å². The van der Waals surface area contributed by atoms with E-state index in [0.717, 1.165) is 15.2 Å². The third kappa shape index (κ3) is 1.70. The highest BCUT2D eigenvalue weighted by Crippen LogP contribution is 2.26. The van der Waals surface area contributed by atoms with Gasteiger partial charge in [0.25, 0.3) is 0 Å². The third-order valence-corrected chi connectivity index (χ3v) is 2.97. The minimum atomic E-state index is -0.212. The van der Waals surface area contributed by atoms with Crippen LogP contribution in [0.5, 0.6) is 0 Å². The van der Waals surface area contributed by atoms with Gasteiger partial charge < -0.3 is 0 Å². The van der Waals surface area contributed by atoms with Crippen molar-refractivity contribution in [1.29, 1.82) is 0 Å². The summed E-state index contributed by atoms with van der Waals surface area (Å²) in [7, 11) is 0. The first-order chi connectivity index (χ1) is 6.68. The van der Waals surface area contributed by atoms with Crippen molar-refractivity contribution in [2.45, 2.75) is 0 Å². The van der Waals surface area contributed by atoms with Gasteiger partial charge in [-0.2, -0.15) is 0 Å². The molecule has 0 spiro atoms. The third-order valence-electron chi connectivity index (χ3n) is 2.06. The van der Waals surface area contributed by atoms with Gasteiger partial charge >= 0.3 is 0 Å². The highest BCUT2D eigenvalue weighted by molar-refractivity contribution is 9.10. The lowest BCUT2D eigenvalue weighted by Crippen LogP contribution is -1.89. The van der Waals surface area contributed by atoms with E-state index in [4.69, 9.17) is 0 Å². The minimum absolute atomic E-state index is 0.212. The maximum Gasteiger partial charge on any atom is 0.216 e. The molecule has 0 saturated carbocycles. The molecule has 0 aliphatic carbocycles. The molecule has 0 aliphatic heterocycles. The van der Waals surface area contributed by atoms with Crippen LogP contribution in [0.3, 0.4) is 0 Å². The molecule has 0 unspecified atom stereocenters. The van der Waals surface area contributed by atoms with Crippen molar-refractivity contribution < 1.29 is 4.79 Å². The normalized spacial score (nSPS) is 10.4. The Hall–Kier alpha value is -0.800. The second-order valence-corrected chi connectivity index (χ2v) is 4.24. The molecule has 2 aromatic rings. The van der Waals surface area contributed by atoms with Crippen LogP contribution in [0.25, 0.3) is 10.8 Å². The SMILES string of the molecule is O=C(S)c1cc(Br)c2ccccc2c1. The predicted molar refractivity (Wildman–Crippen MR) is 65.0 cm³/mol. The van der Waals surface area contributed by atoms with E-state index in [1.807, 2.05) is 30.3 Å². The molecular formula is C11H7BrOS. The largest absolute Gasteiger partial charge is 0.282 e. The Morgan fingerprint density at radius 1 is 1.21 bits per heavy atom. The Morgan fingerprint density at radius 2 is 1.93 bits per heavy atom. The van der Waals surface area contributed by atoms with Gasteiger partial charge in [-0.25, -0.2) is 0 Å². The van der Waals surface area contributed by atoms with Crippen molar-refractivity contribution in [3.05, 3.63) is 46.4 Å². The van der Waals surface area contributed by atoms with Crippen LogP contribution in [0, 0.1) is 0 Å². The smallest absolute Gasteiger partial charge is 0.216 e. The van der Waals surface area contributed by atoms with E-state index < -0.39 is 0 Å². The summed E-state index contributed by atoms with van der Waals surface area (Å²) >= 11 is 7.23. The summed E-state index contributed by atoms with van der Waals surface area (Å²) in [6, 6.07) is 11.5. The van der Waals surface area contributed by atoms with Crippen LogP contribution in [0.1, 0.15) is 10.4 Å². The number of rotatable bonds is 1. The van der Waals surface area contributed by atoms with E-state index in [2.05, 4.69) is 28.6 Å². The summed E-state index contributed by atoms with van der Waals surface area (Å²) in [5.74, 6) is 0. The Kier molecular flexibility index (Phi) is 2.61. The van der Waals surface area contributed by atoms with Gasteiger partial charge in [0.2, 0.25) is 5.12 Å². The van der Waals surface area contributed by atoms with Crippen LogP contribution >= 0.6 is 28.6 Å². The Balaban J connectivity index is 2.78. The van der Waals surface area contributed by atoms with E-state index >= 15 is 0 Å². The number of hydrogen-bond donors (Lipinski definition) is 1. The molecule has 2 rings (SSSR count). The fourth-order valence-electron chi connectivity index (χ4n) is 1.39. The number of carbonyl (C=O) groups is 1. The zero-order valence-corrected chi connectivity index (χ0v) is 9.68. The molecule has 0 heterocycles. The van der Waals surface area contributed by atoms with Gasteiger partial charge in [-0.3, -0.25) is 4.79 Å². The zero-order chi connectivity index (χ0) is 10.1. The molecule has 70 valence electrons. The molecule has 0 N–H and O–H groups in total. The first-order valence-corrected chi connectivity index (χ1v) is 5.34. The van der Waals surface area contributed by atoms with Crippen molar-refractivity contribution in [2.75, 3.05) is 0 Å². The lowest BCUT2D eigenvalue weighted by Gasteiger charge is -2.02. The van der Waals surface area contributed by atoms with Gasteiger partial charge in [0.1, 0.15) is 0 Å². The molecule has 0 fully saturated rings. The quantitative estimate of drug-likeness (QED) is 0.780. The van der Waals surface area contributed by atoms with E-state index in [1.54, 1.807) is 6.07 Å². The molecule has 0 saturated heterocycles. The van der Waals surface area contributed by atoms with Crippen molar-refractivity contribution in [2.24, 2.45) is 0 Å². The molecule has 0 aliphatic rings. The summed E-state index contributed by atoms with van der Waals surface area (Å²) in [6.45, 7) is 0. The molecule has 3 heteroatoms. The van der Waals surface area contributed by atoms with Crippen molar-refractivity contribution in [3.63, 3.8) is 0 Å². The van der Waals surface area contributed by atoms with E-state index in [9.17, 15) is 4.79 Å². The van der Waals surface area contributed by atoms with Gasteiger partial charge in [-0.1, -0.05) is 40.2 Å². The van der Waals surface area contributed by atoms with Crippen LogP contribution in [-0.2, 0) is 0 Å². The van der Waals surface area contributed by atoms with Crippen LogP contribution in [0.4, 0.5) is 0 Å². The second kappa shape index (κ2) is 3.75. The highest BCUT2D eigenvalue weighted by Gasteiger charge is 2.04. The fourth-order valence-corrected chi connectivity index (χ4v) is 2.12. The topological polar surface area (TPSA) is 17.1 Å². The molecular weight excluding hydrogens is 260 g/mol. The summed E-state index contributed by atoms with van der Waals surface area (Å²) in [4.78, 5) is 11.1. The van der Waals surface area contributed by atoms with Crippen molar-refractivity contribution >= 4 is 44.4 Å². The van der Waals surface area contributed by atoms with Gasteiger partial charge in [0, 0.05) is 10.0 Å². The molecule has 0 atom stereocenters. The minimum Gasteiger partial charge on any atom is -0.282 e. The van der Waals surface area contributed by atoms with E-state index in [-0.39, 0.29) is 5.12 Å². The molecule has 0 aromatic heterocycles. The summed E-state index contributed by atoms with van der Waals surface area (Å²) in [6.07, 6.45) is 0. The Morgan fingerprint density at radius 3 is 2.64 bits per heavy atom. The molecule has 0 bridgehead atoms. The maximum absolute atomic E-state index is 11.1. The predicted octanol–water partition coefficient (Wildman–Crippen LogP) is 3.67. The molecule has 2 aromatic carbocycles. The van der Waals surface area contributed by atoms with Crippen molar-refractivity contribution in [1.82, 2.24) is 0 Å². The van der Waals surface area contributed by atoms with Crippen LogP contribution in [-0.4, -0.2) is 5.12 Å². The first kappa shape index (κ1) is 9.74. The van der Waals surface area contributed by atoms with Crippen LogP contribution < -0.4 is 0 Å². The summed E-state index contributed by atoms with van der Waals surface area (Å²) in [5, 5.41) is 1.93. The van der Waals surface area contributed by atoms with Crippen LogP contribution in [0.2, 0.25) is 0 Å². The van der Waals surface area contributed by atoms with Gasteiger partial charge in [-0.15, -0.1) is 12.6 Å². The van der Waals surface area contributed by atoms with Gasteiger partial charge in [0.15, 0.2) is 0 Å². The monoisotopic (exact) mass is 266 g/mol. The Bertz CT molecular complexity index is 508. The lowest BCUT2D eigenvalue weighted by atomic mass is 10.1. The van der Waals surface area contributed by atoms with Crippen molar-refractivity contribution in [3.8, 4) is 0 Å². The summed E-state index contributed by atoms with van der Waals surface area (Å²) < 4.78 is 0.924. The van der Waals surface area contributed by atoms with Crippen LogP contribution in [0.15, 0.2) is 40.9 Å². The first-order valence-electron chi connectivity index (χ1n) is 4.10. The number of fused-ring (bicyclic) bond motifs is 1. The zero-order valence-electron chi connectivity index (χ0n) is 7.20. The standard InChI is InChI=1S/C11H7BrOS/c12-10-6-8(11(13)14)5-7-3-1-2-4-9(7)10/h1-6H,(H,13,14). The number of carbonyl (C=O) groups excluding carboxylic acids is 1. The number of halogens is 1. The molecule has 1 nitrogen and oxygen atoms in total. The van der Waals surface area contributed by atoms with Gasteiger partial charge in [-0.05, 0) is 22.9 Å². The second-order valence-electron chi connectivity index (χ2n) is 2.98. The summed E-state index contributed by atoms with van der Waals surface area (Å²) in [5.41, 5.74) is 0.610. The number of hydrogen-bond acceptors (Lipinski definition) is 1. The number of benzene rings is 2. The average molecular weight is 267 g/mol. The fraction of sp³-hybridized carbons (Fsp3) is 0. The van der Waals surface area contributed by atoms with E-state index in [0.29, 0.717) is 5.56 Å². The lowest BCUT2D eigenvalue weighted by molar-refractivity contribution is 0.109.